The Kier molecular flexibility index (Phi) is 6.95. The lowest BCUT2D eigenvalue weighted by Crippen LogP contribution is -2.49. The Morgan fingerprint density at radius 3 is 2.75 bits per heavy atom. The molecule has 3 atom stereocenters. The van der Waals surface area contributed by atoms with Gasteiger partial charge in [0.2, 0.25) is 5.91 Å². The first-order valence-corrected chi connectivity index (χ1v) is 7.25. The Bertz CT molecular complexity index is 335. The Labute approximate surface area is 120 Å². The van der Waals surface area contributed by atoms with Gasteiger partial charge in [-0.3, -0.25) is 9.69 Å². The van der Waals surface area contributed by atoms with Crippen molar-refractivity contribution < 1.29 is 19.4 Å². The SMILES string of the molecule is CCC(C)C(NC(=O)CN1CCC[C@@H]1CO)C(=O)OC. The van der Waals surface area contributed by atoms with Gasteiger partial charge in [-0.1, -0.05) is 20.3 Å². The monoisotopic (exact) mass is 286 g/mol. The highest BCUT2D eigenvalue weighted by Gasteiger charge is 2.29. The van der Waals surface area contributed by atoms with E-state index >= 15 is 0 Å². The second-order valence-corrected chi connectivity index (χ2v) is 5.40. The zero-order valence-corrected chi connectivity index (χ0v) is 12.6. The van der Waals surface area contributed by atoms with Crippen LogP contribution in [0.1, 0.15) is 33.1 Å². The quantitative estimate of drug-likeness (QED) is 0.651. The molecule has 0 aliphatic carbocycles. The molecule has 116 valence electrons. The molecule has 1 saturated heterocycles. The molecule has 1 amide bonds. The number of nitrogens with one attached hydrogen (secondary N) is 1. The third-order valence-corrected chi connectivity index (χ3v) is 4.04. The molecule has 1 fully saturated rings. The van der Waals surface area contributed by atoms with Gasteiger partial charge in [0.25, 0.3) is 0 Å². The maximum atomic E-state index is 12.1. The van der Waals surface area contributed by atoms with Gasteiger partial charge in [-0.15, -0.1) is 0 Å². The van der Waals surface area contributed by atoms with Crippen molar-refractivity contribution in [2.24, 2.45) is 5.92 Å². The topological polar surface area (TPSA) is 78.9 Å². The maximum Gasteiger partial charge on any atom is 0.328 e. The fraction of sp³-hybridized carbons (Fsp3) is 0.857. The van der Waals surface area contributed by atoms with Gasteiger partial charge in [-0.05, 0) is 25.3 Å². The molecular formula is C14H26N2O4. The van der Waals surface area contributed by atoms with Crippen LogP contribution in [-0.2, 0) is 14.3 Å². The normalized spacial score (nSPS) is 22.3. The molecule has 0 bridgehead atoms. The van der Waals surface area contributed by atoms with Crippen LogP contribution >= 0.6 is 0 Å². The Balaban J connectivity index is 2.55. The van der Waals surface area contributed by atoms with Gasteiger partial charge in [-0.2, -0.15) is 0 Å². The number of carbonyl (C=O) groups excluding carboxylic acids is 2. The summed E-state index contributed by atoms with van der Waals surface area (Å²) in [6.45, 7) is 4.97. The molecule has 0 spiro atoms. The summed E-state index contributed by atoms with van der Waals surface area (Å²) < 4.78 is 4.74. The molecule has 0 aromatic carbocycles. The van der Waals surface area contributed by atoms with Crippen LogP contribution in [-0.4, -0.2) is 60.8 Å². The lowest BCUT2D eigenvalue weighted by atomic mass is 9.99. The third kappa shape index (κ3) is 4.45. The van der Waals surface area contributed by atoms with Gasteiger partial charge in [0.15, 0.2) is 0 Å². The summed E-state index contributed by atoms with van der Waals surface area (Å²) in [6.07, 6.45) is 2.68. The predicted octanol–water partition coefficient (Wildman–Crippen LogP) is 0.147. The van der Waals surface area contributed by atoms with E-state index in [1.165, 1.54) is 7.11 Å². The van der Waals surface area contributed by atoms with E-state index in [0.29, 0.717) is 0 Å². The summed E-state index contributed by atoms with van der Waals surface area (Å²) in [5, 5.41) is 12.0. The Morgan fingerprint density at radius 1 is 1.50 bits per heavy atom. The molecule has 1 aliphatic heterocycles. The lowest BCUT2D eigenvalue weighted by Gasteiger charge is -2.25. The largest absolute Gasteiger partial charge is 0.467 e. The van der Waals surface area contributed by atoms with E-state index in [1.807, 2.05) is 18.7 Å². The minimum Gasteiger partial charge on any atom is -0.467 e. The summed E-state index contributed by atoms with van der Waals surface area (Å²) in [7, 11) is 1.33. The van der Waals surface area contributed by atoms with E-state index in [1.54, 1.807) is 0 Å². The molecule has 1 heterocycles. The maximum absolute atomic E-state index is 12.1. The van der Waals surface area contributed by atoms with E-state index in [-0.39, 0.29) is 31.0 Å². The minimum atomic E-state index is -0.604. The summed E-state index contributed by atoms with van der Waals surface area (Å²) in [5.41, 5.74) is 0. The fourth-order valence-corrected chi connectivity index (χ4v) is 2.51. The molecule has 6 nitrogen and oxygen atoms in total. The van der Waals surface area contributed by atoms with Gasteiger partial charge in [-0.25, -0.2) is 4.79 Å². The number of methoxy groups -OCH3 is 1. The van der Waals surface area contributed by atoms with Gasteiger partial charge in [0, 0.05) is 6.04 Å². The molecule has 0 saturated carbocycles. The summed E-state index contributed by atoms with van der Waals surface area (Å²) in [6, 6.07) is -0.548. The van der Waals surface area contributed by atoms with Crippen LogP contribution < -0.4 is 5.32 Å². The van der Waals surface area contributed by atoms with Crippen molar-refractivity contribution in [3.63, 3.8) is 0 Å². The van der Waals surface area contributed by atoms with Crippen molar-refractivity contribution in [3.8, 4) is 0 Å². The average molecular weight is 286 g/mol. The molecule has 2 N–H and O–H groups in total. The van der Waals surface area contributed by atoms with E-state index < -0.39 is 12.0 Å². The molecule has 1 rings (SSSR count). The molecule has 0 aromatic heterocycles. The number of aliphatic hydroxyl groups excluding tert-OH is 1. The number of hydrogen-bond acceptors (Lipinski definition) is 5. The van der Waals surface area contributed by atoms with Crippen LogP contribution in [0.5, 0.6) is 0 Å². The first-order valence-electron chi connectivity index (χ1n) is 7.25. The second kappa shape index (κ2) is 8.21. The van der Waals surface area contributed by atoms with Crippen molar-refractivity contribution in [2.45, 2.75) is 45.2 Å². The van der Waals surface area contributed by atoms with Crippen LogP contribution in [0.3, 0.4) is 0 Å². The van der Waals surface area contributed by atoms with E-state index in [2.05, 4.69) is 5.32 Å². The van der Waals surface area contributed by atoms with Gasteiger partial charge in [0.1, 0.15) is 6.04 Å². The number of amides is 1. The van der Waals surface area contributed by atoms with Crippen molar-refractivity contribution in [1.29, 1.82) is 0 Å². The molecule has 0 radical (unpaired) electrons. The Morgan fingerprint density at radius 2 is 2.20 bits per heavy atom. The van der Waals surface area contributed by atoms with Crippen LogP contribution in [0, 0.1) is 5.92 Å². The van der Waals surface area contributed by atoms with Crippen molar-refractivity contribution in [3.05, 3.63) is 0 Å². The molecule has 6 heteroatoms. The van der Waals surface area contributed by atoms with Gasteiger partial charge < -0.3 is 15.2 Å². The summed E-state index contributed by atoms with van der Waals surface area (Å²) in [5.74, 6) is -0.576. The number of ether oxygens (including phenoxy) is 1. The van der Waals surface area contributed by atoms with Gasteiger partial charge >= 0.3 is 5.97 Å². The first kappa shape index (κ1) is 16.9. The van der Waals surface area contributed by atoms with Crippen LogP contribution in [0.15, 0.2) is 0 Å². The second-order valence-electron chi connectivity index (χ2n) is 5.40. The Hall–Kier alpha value is -1.14. The van der Waals surface area contributed by atoms with Crippen LogP contribution in [0.4, 0.5) is 0 Å². The van der Waals surface area contributed by atoms with E-state index in [4.69, 9.17) is 4.74 Å². The highest BCUT2D eigenvalue weighted by atomic mass is 16.5. The highest BCUT2D eigenvalue weighted by molar-refractivity contribution is 5.85. The van der Waals surface area contributed by atoms with Crippen molar-refractivity contribution in [1.82, 2.24) is 10.2 Å². The summed E-state index contributed by atoms with van der Waals surface area (Å²) in [4.78, 5) is 25.7. The zero-order chi connectivity index (χ0) is 15.1. The lowest BCUT2D eigenvalue weighted by molar-refractivity contribution is -0.146. The molecule has 1 aliphatic rings. The average Bonchev–Trinajstić information content (AvgIpc) is 2.90. The fourth-order valence-electron chi connectivity index (χ4n) is 2.51. The number of aliphatic hydroxyl groups is 1. The third-order valence-electron chi connectivity index (χ3n) is 4.04. The number of likely N-dealkylation sites (tertiary alicyclic amines) is 1. The first-order chi connectivity index (χ1) is 9.53. The minimum absolute atomic E-state index is 0.0265. The predicted molar refractivity (Wildman–Crippen MR) is 75.1 cm³/mol. The standard InChI is InChI=1S/C14H26N2O4/c1-4-10(2)13(14(19)20-3)15-12(18)8-16-7-5-6-11(16)9-17/h10-11,13,17H,4-9H2,1-3H3,(H,15,18)/t10?,11-,13?/m1/s1. The molecular weight excluding hydrogens is 260 g/mol. The zero-order valence-electron chi connectivity index (χ0n) is 12.6. The smallest absolute Gasteiger partial charge is 0.328 e. The number of nitrogens with zero attached hydrogens (tertiary/aromatic N) is 1. The number of rotatable bonds is 7. The van der Waals surface area contributed by atoms with Crippen LogP contribution in [0.25, 0.3) is 0 Å². The van der Waals surface area contributed by atoms with Crippen LogP contribution in [0.2, 0.25) is 0 Å². The molecule has 0 aromatic rings. The van der Waals surface area contributed by atoms with Crippen molar-refractivity contribution >= 4 is 11.9 Å². The number of esters is 1. The van der Waals surface area contributed by atoms with Crippen molar-refractivity contribution in [2.75, 3.05) is 26.8 Å². The number of hydrogen-bond donors (Lipinski definition) is 2. The number of carbonyl (C=O) groups is 2. The van der Waals surface area contributed by atoms with E-state index in [9.17, 15) is 14.7 Å². The van der Waals surface area contributed by atoms with Gasteiger partial charge in [0.05, 0.1) is 20.3 Å². The highest BCUT2D eigenvalue weighted by Crippen LogP contribution is 2.16. The summed E-state index contributed by atoms with van der Waals surface area (Å²) >= 11 is 0. The van der Waals surface area contributed by atoms with E-state index in [0.717, 1.165) is 25.8 Å². The molecule has 20 heavy (non-hydrogen) atoms. The molecule has 2 unspecified atom stereocenters.